The maximum absolute atomic E-state index is 12.6. The summed E-state index contributed by atoms with van der Waals surface area (Å²) >= 11 is 0. The first-order chi connectivity index (χ1) is 13.1. The van der Waals surface area contributed by atoms with Crippen LogP contribution >= 0.6 is 0 Å². The summed E-state index contributed by atoms with van der Waals surface area (Å²) in [6.07, 6.45) is 1.80. The second-order valence-electron chi connectivity index (χ2n) is 6.73. The largest absolute Gasteiger partial charge is 0.489 e. The molecule has 0 N–H and O–H groups in total. The molecule has 0 amide bonds. The maximum atomic E-state index is 12.6. The third-order valence-electron chi connectivity index (χ3n) is 4.64. The molecule has 3 heteroatoms. The number of ether oxygens (including phenoxy) is 2. The van der Waals surface area contributed by atoms with Crippen molar-refractivity contribution in [2.75, 3.05) is 0 Å². The van der Waals surface area contributed by atoms with E-state index in [1.165, 1.54) is 5.56 Å². The number of ketones is 1. The van der Waals surface area contributed by atoms with E-state index in [9.17, 15) is 4.79 Å². The van der Waals surface area contributed by atoms with Crippen LogP contribution in [-0.4, -0.2) is 5.78 Å². The highest BCUT2D eigenvalue weighted by Crippen LogP contribution is 2.35. The molecular formula is C24H20O3. The molecule has 134 valence electrons. The Hall–Kier alpha value is -3.33. The van der Waals surface area contributed by atoms with Crippen molar-refractivity contribution in [3.8, 4) is 11.5 Å². The van der Waals surface area contributed by atoms with Gasteiger partial charge in [-0.1, -0.05) is 54.1 Å². The third-order valence-corrected chi connectivity index (χ3v) is 4.64. The number of hydrogen-bond donors (Lipinski definition) is 0. The minimum atomic E-state index is -0.0988. The average Bonchev–Trinajstić information content (AvgIpc) is 2.98. The highest BCUT2D eigenvalue weighted by molar-refractivity contribution is 6.14. The minimum Gasteiger partial charge on any atom is -0.489 e. The van der Waals surface area contributed by atoms with Crippen LogP contribution in [0.2, 0.25) is 0 Å². The van der Waals surface area contributed by atoms with E-state index in [-0.39, 0.29) is 5.78 Å². The predicted molar refractivity (Wildman–Crippen MR) is 106 cm³/mol. The van der Waals surface area contributed by atoms with Crippen molar-refractivity contribution in [3.05, 3.63) is 100 Å². The summed E-state index contributed by atoms with van der Waals surface area (Å²) in [5, 5.41) is 0. The van der Waals surface area contributed by atoms with Crippen molar-refractivity contribution in [3.63, 3.8) is 0 Å². The Morgan fingerprint density at radius 3 is 2.52 bits per heavy atom. The summed E-state index contributed by atoms with van der Waals surface area (Å²) in [4.78, 5) is 12.6. The van der Waals surface area contributed by atoms with Crippen LogP contribution in [0.15, 0.2) is 72.5 Å². The summed E-state index contributed by atoms with van der Waals surface area (Å²) in [5.41, 5.74) is 4.95. The predicted octanol–water partition coefficient (Wildman–Crippen LogP) is 5.50. The Morgan fingerprint density at radius 2 is 1.74 bits per heavy atom. The van der Waals surface area contributed by atoms with Crippen LogP contribution < -0.4 is 9.47 Å². The van der Waals surface area contributed by atoms with Gasteiger partial charge in [-0.3, -0.25) is 4.79 Å². The molecule has 3 aromatic rings. The molecule has 0 saturated carbocycles. The number of benzene rings is 3. The van der Waals surface area contributed by atoms with E-state index < -0.39 is 0 Å². The molecule has 3 aromatic carbocycles. The van der Waals surface area contributed by atoms with Crippen LogP contribution in [0.3, 0.4) is 0 Å². The second-order valence-corrected chi connectivity index (χ2v) is 6.73. The molecule has 1 heterocycles. The molecule has 0 fully saturated rings. The lowest BCUT2D eigenvalue weighted by Crippen LogP contribution is -1.98. The molecule has 0 atom stereocenters. The van der Waals surface area contributed by atoms with Crippen LogP contribution in [0.25, 0.3) is 6.08 Å². The molecule has 3 nitrogen and oxygen atoms in total. The number of carbonyl (C=O) groups is 1. The Morgan fingerprint density at radius 1 is 0.963 bits per heavy atom. The fourth-order valence-corrected chi connectivity index (χ4v) is 3.00. The van der Waals surface area contributed by atoms with Gasteiger partial charge in [-0.05, 0) is 48.7 Å². The number of hydrogen-bond acceptors (Lipinski definition) is 3. The van der Waals surface area contributed by atoms with Gasteiger partial charge in [0, 0.05) is 6.07 Å². The molecule has 4 rings (SSSR count). The first kappa shape index (κ1) is 17.1. The van der Waals surface area contributed by atoms with Gasteiger partial charge in [-0.25, -0.2) is 0 Å². The molecule has 0 unspecified atom stereocenters. The Labute approximate surface area is 158 Å². The van der Waals surface area contributed by atoms with Crippen molar-refractivity contribution in [2.24, 2.45) is 0 Å². The zero-order valence-corrected chi connectivity index (χ0v) is 15.4. The van der Waals surface area contributed by atoms with Crippen molar-refractivity contribution in [1.82, 2.24) is 0 Å². The first-order valence-electron chi connectivity index (χ1n) is 8.92. The van der Waals surface area contributed by atoms with Crippen LogP contribution in [-0.2, 0) is 6.61 Å². The summed E-state index contributed by atoms with van der Waals surface area (Å²) in [5.74, 6) is 1.47. The van der Waals surface area contributed by atoms with E-state index in [4.69, 9.17) is 9.47 Å². The topological polar surface area (TPSA) is 35.5 Å². The number of carbonyl (C=O) groups excluding carboxylic acids is 1. The summed E-state index contributed by atoms with van der Waals surface area (Å²) < 4.78 is 11.7. The van der Waals surface area contributed by atoms with E-state index in [1.807, 2.05) is 49.4 Å². The third kappa shape index (κ3) is 3.63. The molecule has 0 saturated heterocycles. The molecular weight excluding hydrogens is 336 g/mol. The van der Waals surface area contributed by atoms with E-state index >= 15 is 0 Å². The van der Waals surface area contributed by atoms with E-state index in [1.54, 1.807) is 18.2 Å². The number of rotatable bonds is 4. The van der Waals surface area contributed by atoms with Crippen molar-refractivity contribution < 1.29 is 14.3 Å². The van der Waals surface area contributed by atoms with E-state index in [2.05, 4.69) is 19.1 Å². The van der Waals surface area contributed by atoms with Crippen molar-refractivity contribution in [2.45, 2.75) is 20.5 Å². The monoisotopic (exact) mass is 356 g/mol. The Balaban J connectivity index is 1.52. The fourth-order valence-electron chi connectivity index (χ4n) is 3.00. The lowest BCUT2D eigenvalue weighted by Gasteiger charge is -2.07. The molecule has 0 aliphatic carbocycles. The SMILES string of the molecule is Cc1ccc(COc2ccc3c(c2)O/C(=C\c2ccccc2C)C3=O)cc1. The molecule has 27 heavy (non-hydrogen) atoms. The summed E-state index contributed by atoms with van der Waals surface area (Å²) in [7, 11) is 0. The lowest BCUT2D eigenvalue weighted by molar-refractivity contribution is 0.101. The molecule has 0 aromatic heterocycles. The van der Waals surface area contributed by atoms with Gasteiger partial charge in [0.05, 0.1) is 5.56 Å². The van der Waals surface area contributed by atoms with Gasteiger partial charge in [0.25, 0.3) is 0 Å². The number of fused-ring (bicyclic) bond motifs is 1. The van der Waals surface area contributed by atoms with Crippen molar-refractivity contribution >= 4 is 11.9 Å². The minimum absolute atomic E-state index is 0.0988. The van der Waals surface area contributed by atoms with E-state index in [0.29, 0.717) is 29.4 Å². The van der Waals surface area contributed by atoms with Crippen LogP contribution in [0.4, 0.5) is 0 Å². The highest BCUT2D eigenvalue weighted by atomic mass is 16.5. The zero-order chi connectivity index (χ0) is 18.8. The number of Topliss-reactive ketones (excluding diaryl/α,β-unsaturated/α-hetero) is 1. The lowest BCUT2D eigenvalue weighted by atomic mass is 10.1. The molecule has 1 aliphatic rings. The van der Waals surface area contributed by atoms with Gasteiger partial charge < -0.3 is 9.47 Å². The smallest absolute Gasteiger partial charge is 0.231 e. The molecule has 0 spiro atoms. The quantitative estimate of drug-likeness (QED) is 0.579. The van der Waals surface area contributed by atoms with Crippen LogP contribution in [0.1, 0.15) is 32.6 Å². The highest BCUT2D eigenvalue weighted by Gasteiger charge is 2.27. The van der Waals surface area contributed by atoms with Gasteiger partial charge in [0.2, 0.25) is 5.78 Å². The second kappa shape index (κ2) is 7.12. The van der Waals surface area contributed by atoms with Gasteiger partial charge in [0.1, 0.15) is 18.1 Å². The van der Waals surface area contributed by atoms with Gasteiger partial charge in [-0.15, -0.1) is 0 Å². The summed E-state index contributed by atoms with van der Waals surface area (Å²) in [6, 6.07) is 21.5. The molecule has 0 radical (unpaired) electrons. The number of aryl methyl sites for hydroxylation is 2. The molecule has 1 aliphatic heterocycles. The normalized spacial score (nSPS) is 14.1. The first-order valence-corrected chi connectivity index (χ1v) is 8.92. The van der Waals surface area contributed by atoms with Crippen LogP contribution in [0.5, 0.6) is 11.5 Å². The van der Waals surface area contributed by atoms with E-state index in [0.717, 1.165) is 16.7 Å². The van der Waals surface area contributed by atoms with Gasteiger partial charge in [-0.2, -0.15) is 0 Å². The molecule has 0 bridgehead atoms. The van der Waals surface area contributed by atoms with Gasteiger partial charge >= 0.3 is 0 Å². The maximum Gasteiger partial charge on any atom is 0.231 e. The zero-order valence-electron chi connectivity index (χ0n) is 15.4. The Kier molecular flexibility index (Phi) is 4.51. The summed E-state index contributed by atoms with van der Waals surface area (Å²) in [6.45, 7) is 4.54. The van der Waals surface area contributed by atoms with Gasteiger partial charge in [0.15, 0.2) is 5.76 Å². The average molecular weight is 356 g/mol. The number of allylic oxidation sites excluding steroid dienone is 1. The fraction of sp³-hybridized carbons (Fsp3) is 0.125. The Bertz CT molecular complexity index is 1030. The van der Waals surface area contributed by atoms with Crippen molar-refractivity contribution in [1.29, 1.82) is 0 Å². The standard InChI is InChI=1S/C24H20O3/c1-16-7-9-18(10-8-16)15-26-20-11-12-21-22(14-20)27-23(24(21)25)13-19-6-4-3-5-17(19)2/h3-14H,15H2,1-2H3/b23-13-. The van der Waals surface area contributed by atoms with Crippen LogP contribution in [0, 0.1) is 13.8 Å².